The number of amides is 2. The van der Waals surface area contributed by atoms with E-state index >= 15 is 0 Å². The summed E-state index contributed by atoms with van der Waals surface area (Å²) in [5.74, 6) is -0.743. The molecule has 0 aliphatic carbocycles. The van der Waals surface area contributed by atoms with Gasteiger partial charge in [0.2, 0.25) is 0 Å². The molecule has 3 aromatic carbocycles. The van der Waals surface area contributed by atoms with Crippen LogP contribution in [0.2, 0.25) is 0 Å². The third-order valence-electron chi connectivity index (χ3n) is 7.19. The lowest BCUT2D eigenvalue weighted by atomic mass is 9.73. The molecule has 2 atom stereocenters. The van der Waals surface area contributed by atoms with Crippen LogP contribution in [0.5, 0.6) is 0 Å². The highest BCUT2D eigenvalue weighted by molar-refractivity contribution is 7.89. The molecule has 37 heavy (non-hydrogen) atoms. The summed E-state index contributed by atoms with van der Waals surface area (Å²) in [6.07, 6.45) is 0.109. The second kappa shape index (κ2) is 9.76. The maximum atomic E-state index is 14.0. The Labute approximate surface area is 217 Å². The van der Waals surface area contributed by atoms with Crippen LogP contribution in [-0.4, -0.2) is 61.3 Å². The van der Waals surface area contributed by atoms with Gasteiger partial charge in [0.25, 0.3) is 21.8 Å². The Balaban J connectivity index is 1.49. The number of sulfonamides is 1. The van der Waals surface area contributed by atoms with Gasteiger partial charge in [0, 0.05) is 25.2 Å². The second-order valence-corrected chi connectivity index (χ2v) is 11.6. The Morgan fingerprint density at radius 2 is 1.43 bits per heavy atom. The normalized spacial score (nSPS) is 21.7. The van der Waals surface area contributed by atoms with Crippen molar-refractivity contribution in [2.24, 2.45) is 0 Å². The van der Waals surface area contributed by atoms with E-state index in [4.69, 9.17) is 4.74 Å². The minimum absolute atomic E-state index is 0.0433. The molecule has 8 heteroatoms. The smallest absolute Gasteiger partial charge is 0.266 e. The Bertz CT molecular complexity index is 1360. The molecule has 2 fully saturated rings. The number of carbonyl (C=O) groups is 2. The SMILES string of the molecule is CC1CN(C(=O)c2cccc(S(=O)(=O)N3CCC(c4ccccc4)(c4ccccc4)C3=O)c2)CC(C)O1. The molecule has 2 aliphatic heterocycles. The highest BCUT2D eigenvalue weighted by atomic mass is 32.2. The molecule has 7 nitrogen and oxygen atoms in total. The third kappa shape index (κ3) is 4.45. The lowest BCUT2D eigenvalue weighted by molar-refractivity contribution is -0.127. The van der Waals surface area contributed by atoms with Gasteiger partial charge in [0.05, 0.1) is 17.1 Å². The first-order valence-corrected chi connectivity index (χ1v) is 13.9. The Morgan fingerprint density at radius 3 is 2.00 bits per heavy atom. The van der Waals surface area contributed by atoms with Crippen molar-refractivity contribution in [1.82, 2.24) is 9.21 Å². The fraction of sp³-hybridized carbons (Fsp3) is 0.310. The predicted octanol–water partition coefficient (Wildman–Crippen LogP) is 3.84. The molecule has 192 valence electrons. The summed E-state index contributed by atoms with van der Waals surface area (Å²) in [6, 6.07) is 24.6. The lowest BCUT2D eigenvalue weighted by Crippen LogP contribution is -2.48. The number of carbonyl (C=O) groups excluding carboxylic acids is 2. The number of morpholine rings is 1. The summed E-state index contributed by atoms with van der Waals surface area (Å²) in [7, 11) is -4.19. The van der Waals surface area contributed by atoms with Crippen LogP contribution in [0.25, 0.3) is 0 Å². The van der Waals surface area contributed by atoms with Crippen LogP contribution in [0, 0.1) is 0 Å². The van der Waals surface area contributed by atoms with Crippen LogP contribution in [0.1, 0.15) is 41.8 Å². The molecule has 2 heterocycles. The molecule has 0 radical (unpaired) electrons. The van der Waals surface area contributed by atoms with E-state index in [-0.39, 0.29) is 35.1 Å². The average Bonchev–Trinajstić information content (AvgIpc) is 3.27. The largest absolute Gasteiger partial charge is 0.372 e. The van der Waals surface area contributed by atoms with Crippen molar-refractivity contribution in [3.63, 3.8) is 0 Å². The third-order valence-corrected chi connectivity index (χ3v) is 8.97. The maximum Gasteiger partial charge on any atom is 0.266 e. The Hall–Kier alpha value is -3.49. The van der Waals surface area contributed by atoms with Gasteiger partial charge in [0.1, 0.15) is 5.41 Å². The number of hydrogen-bond donors (Lipinski definition) is 0. The quantitative estimate of drug-likeness (QED) is 0.513. The molecular formula is C29H30N2O5S. The van der Waals surface area contributed by atoms with Crippen molar-refractivity contribution in [3.8, 4) is 0 Å². The summed E-state index contributed by atoms with van der Waals surface area (Å²) < 4.78 is 34.3. The summed E-state index contributed by atoms with van der Waals surface area (Å²) in [5, 5.41) is 0. The number of nitrogens with zero attached hydrogens (tertiary/aromatic N) is 2. The van der Waals surface area contributed by atoms with Gasteiger partial charge in [0.15, 0.2) is 0 Å². The van der Waals surface area contributed by atoms with Crippen molar-refractivity contribution in [2.75, 3.05) is 19.6 Å². The van der Waals surface area contributed by atoms with E-state index in [1.54, 1.807) is 17.0 Å². The van der Waals surface area contributed by atoms with E-state index in [2.05, 4.69) is 0 Å². The van der Waals surface area contributed by atoms with E-state index in [9.17, 15) is 18.0 Å². The summed E-state index contributed by atoms with van der Waals surface area (Å²) >= 11 is 0. The molecule has 2 saturated heterocycles. The monoisotopic (exact) mass is 518 g/mol. The van der Waals surface area contributed by atoms with Crippen molar-refractivity contribution >= 4 is 21.8 Å². The number of hydrogen-bond acceptors (Lipinski definition) is 5. The number of ether oxygens (including phenoxy) is 1. The van der Waals surface area contributed by atoms with E-state index in [1.165, 1.54) is 12.1 Å². The molecular weight excluding hydrogens is 488 g/mol. The van der Waals surface area contributed by atoms with Gasteiger partial charge in [-0.25, -0.2) is 12.7 Å². The van der Waals surface area contributed by atoms with Gasteiger partial charge in [-0.1, -0.05) is 66.7 Å². The standard InChI is InChI=1S/C29H30N2O5S/c1-21-19-30(20-22(2)36-21)27(32)23-10-9-15-26(18-23)37(34,35)31-17-16-29(28(31)33,24-11-5-3-6-12-24)25-13-7-4-8-14-25/h3-15,18,21-22H,16-17,19-20H2,1-2H3. The summed E-state index contributed by atoms with van der Waals surface area (Å²) in [6.45, 7) is 4.72. The van der Waals surface area contributed by atoms with Crippen molar-refractivity contribution in [3.05, 3.63) is 102 Å². The molecule has 2 aliphatic rings. The van der Waals surface area contributed by atoms with E-state index < -0.39 is 21.3 Å². The topological polar surface area (TPSA) is 84.0 Å². The van der Waals surface area contributed by atoms with Gasteiger partial charge < -0.3 is 9.64 Å². The molecule has 0 bridgehead atoms. The maximum absolute atomic E-state index is 14.0. The highest BCUT2D eigenvalue weighted by Gasteiger charge is 2.53. The minimum atomic E-state index is -4.19. The average molecular weight is 519 g/mol. The van der Waals surface area contributed by atoms with Gasteiger partial charge in [-0.3, -0.25) is 9.59 Å². The molecule has 5 rings (SSSR count). The zero-order valence-corrected chi connectivity index (χ0v) is 21.7. The first-order valence-electron chi connectivity index (χ1n) is 12.5. The molecule has 0 spiro atoms. The van der Waals surface area contributed by atoms with Crippen LogP contribution in [-0.2, 0) is 25.0 Å². The lowest BCUT2D eigenvalue weighted by Gasteiger charge is -2.35. The van der Waals surface area contributed by atoms with Gasteiger partial charge in [-0.2, -0.15) is 0 Å². The highest BCUT2D eigenvalue weighted by Crippen LogP contribution is 2.43. The molecule has 2 amide bonds. The second-order valence-electron chi connectivity index (χ2n) is 9.76. The number of benzene rings is 3. The zero-order chi connectivity index (χ0) is 26.2. The van der Waals surface area contributed by atoms with Crippen LogP contribution >= 0.6 is 0 Å². The van der Waals surface area contributed by atoms with Crippen LogP contribution in [0.4, 0.5) is 0 Å². The van der Waals surface area contributed by atoms with E-state index in [0.717, 1.165) is 15.4 Å². The first-order chi connectivity index (χ1) is 17.7. The van der Waals surface area contributed by atoms with Crippen LogP contribution < -0.4 is 0 Å². The fourth-order valence-electron chi connectivity index (χ4n) is 5.51. The van der Waals surface area contributed by atoms with Crippen molar-refractivity contribution in [1.29, 1.82) is 0 Å². The summed E-state index contributed by atoms with van der Waals surface area (Å²) in [5.41, 5.74) is 0.668. The first kappa shape index (κ1) is 25.2. The van der Waals surface area contributed by atoms with Crippen LogP contribution in [0.15, 0.2) is 89.8 Å². The van der Waals surface area contributed by atoms with Gasteiger partial charge in [-0.05, 0) is 49.6 Å². The molecule has 2 unspecified atom stereocenters. The molecule has 3 aromatic rings. The molecule has 0 saturated carbocycles. The Kier molecular flexibility index (Phi) is 6.64. The van der Waals surface area contributed by atoms with Crippen molar-refractivity contribution < 1.29 is 22.7 Å². The van der Waals surface area contributed by atoms with E-state index in [1.807, 2.05) is 74.5 Å². The van der Waals surface area contributed by atoms with Crippen LogP contribution in [0.3, 0.4) is 0 Å². The molecule has 0 aromatic heterocycles. The minimum Gasteiger partial charge on any atom is -0.372 e. The van der Waals surface area contributed by atoms with Gasteiger partial charge in [-0.15, -0.1) is 0 Å². The fourth-order valence-corrected chi connectivity index (χ4v) is 7.00. The predicted molar refractivity (Wildman–Crippen MR) is 140 cm³/mol. The van der Waals surface area contributed by atoms with Crippen molar-refractivity contribution in [2.45, 2.75) is 42.8 Å². The Morgan fingerprint density at radius 1 is 0.865 bits per heavy atom. The zero-order valence-electron chi connectivity index (χ0n) is 20.9. The summed E-state index contributed by atoms with van der Waals surface area (Å²) in [4.78, 5) is 28.9. The number of rotatable bonds is 5. The van der Waals surface area contributed by atoms with Gasteiger partial charge >= 0.3 is 0 Å². The van der Waals surface area contributed by atoms with E-state index in [0.29, 0.717) is 19.5 Å². The molecule has 0 N–H and O–H groups in total.